The third kappa shape index (κ3) is 2.89. The van der Waals surface area contributed by atoms with E-state index in [-0.39, 0.29) is 5.84 Å². The van der Waals surface area contributed by atoms with Crippen LogP contribution in [0.3, 0.4) is 0 Å². The third-order valence-electron chi connectivity index (χ3n) is 3.44. The zero-order valence-electron chi connectivity index (χ0n) is 11.4. The molecule has 7 nitrogen and oxygen atoms in total. The Morgan fingerprint density at radius 2 is 1.95 bits per heavy atom. The van der Waals surface area contributed by atoms with Crippen LogP contribution in [0.4, 0.5) is 10.9 Å². The van der Waals surface area contributed by atoms with Crippen molar-refractivity contribution in [2.45, 2.75) is 0 Å². The highest BCUT2D eigenvalue weighted by Gasteiger charge is 2.20. The molecule has 0 radical (unpaired) electrons. The number of thiazole rings is 1. The van der Waals surface area contributed by atoms with Crippen LogP contribution < -0.4 is 15.5 Å². The number of oxime groups is 1. The van der Waals surface area contributed by atoms with Gasteiger partial charge in [0.15, 0.2) is 11.0 Å². The van der Waals surface area contributed by atoms with Crippen LogP contribution in [0.15, 0.2) is 35.1 Å². The minimum absolute atomic E-state index is 0.0973. The first-order valence-corrected chi connectivity index (χ1v) is 7.49. The summed E-state index contributed by atoms with van der Waals surface area (Å²) in [5.41, 5.74) is 6.29. The maximum absolute atomic E-state index is 8.75. The number of hydrogen-bond donors (Lipinski definition) is 2. The fourth-order valence-corrected chi connectivity index (χ4v) is 3.00. The smallest absolute Gasteiger partial charge is 0.185 e. The van der Waals surface area contributed by atoms with Crippen LogP contribution in [0, 0.1) is 0 Å². The zero-order chi connectivity index (χ0) is 14.7. The molecule has 2 aromatic rings. The van der Waals surface area contributed by atoms with E-state index < -0.39 is 0 Å². The number of anilines is 2. The molecule has 0 aromatic carbocycles. The molecule has 0 aliphatic carbocycles. The third-order valence-corrected chi connectivity index (χ3v) is 4.27. The zero-order valence-corrected chi connectivity index (χ0v) is 12.2. The average molecular weight is 304 g/mol. The van der Waals surface area contributed by atoms with Gasteiger partial charge in [0.05, 0.1) is 0 Å². The predicted molar refractivity (Wildman–Crippen MR) is 83.3 cm³/mol. The van der Waals surface area contributed by atoms with Crippen molar-refractivity contribution in [1.82, 2.24) is 9.97 Å². The van der Waals surface area contributed by atoms with Gasteiger partial charge in [0.1, 0.15) is 5.82 Å². The number of amidine groups is 1. The number of rotatable bonds is 3. The van der Waals surface area contributed by atoms with Crippen LogP contribution in [0.25, 0.3) is 0 Å². The molecule has 0 spiro atoms. The fraction of sp³-hybridized carbons (Fsp3) is 0.308. The summed E-state index contributed by atoms with van der Waals surface area (Å²) < 4.78 is 0. The second kappa shape index (κ2) is 5.96. The van der Waals surface area contributed by atoms with E-state index in [1.165, 1.54) is 0 Å². The average Bonchev–Trinajstić information content (AvgIpc) is 3.09. The van der Waals surface area contributed by atoms with Crippen molar-refractivity contribution < 1.29 is 5.21 Å². The Balaban J connectivity index is 1.69. The van der Waals surface area contributed by atoms with Gasteiger partial charge in [-0.2, -0.15) is 0 Å². The molecule has 3 rings (SSSR count). The number of nitrogens with zero attached hydrogens (tertiary/aromatic N) is 5. The quantitative estimate of drug-likeness (QED) is 0.380. The number of aromatic nitrogens is 2. The lowest BCUT2D eigenvalue weighted by Gasteiger charge is -2.35. The Kier molecular flexibility index (Phi) is 3.87. The standard InChI is InChI=1S/C13H16N6OS/c14-12(17-20)10-1-2-15-11(9-10)18-4-6-19(7-5-18)13-16-3-8-21-13/h1-3,8-9,20H,4-7H2,(H2,14,17). The van der Waals surface area contributed by atoms with Crippen molar-refractivity contribution in [3.8, 4) is 0 Å². The van der Waals surface area contributed by atoms with E-state index in [1.54, 1.807) is 23.6 Å². The van der Waals surface area contributed by atoms with Gasteiger partial charge in [0.2, 0.25) is 0 Å². The topological polar surface area (TPSA) is 90.9 Å². The van der Waals surface area contributed by atoms with Crippen molar-refractivity contribution in [2.75, 3.05) is 36.0 Å². The molecule has 8 heteroatoms. The van der Waals surface area contributed by atoms with Gasteiger partial charge in [-0.15, -0.1) is 11.3 Å². The van der Waals surface area contributed by atoms with Crippen molar-refractivity contribution in [2.24, 2.45) is 10.9 Å². The summed E-state index contributed by atoms with van der Waals surface area (Å²) in [4.78, 5) is 13.2. The van der Waals surface area contributed by atoms with Crippen molar-refractivity contribution in [1.29, 1.82) is 0 Å². The van der Waals surface area contributed by atoms with Gasteiger partial charge < -0.3 is 20.7 Å². The summed E-state index contributed by atoms with van der Waals surface area (Å²) in [5, 5.41) is 14.8. The van der Waals surface area contributed by atoms with Gasteiger partial charge >= 0.3 is 0 Å². The number of hydrogen-bond acceptors (Lipinski definition) is 7. The number of piperazine rings is 1. The molecule has 2 aromatic heterocycles. The molecule has 0 saturated carbocycles. The van der Waals surface area contributed by atoms with Gasteiger partial charge in [-0.25, -0.2) is 9.97 Å². The monoisotopic (exact) mass is 304 g/mol. The lowest BCUT2D eigenvalue weighted by Crippen LogP contribution is -2.46. The first-order chi connectivity index (χ1) is 10.3. The lowest BCUT2D eigenvalue weighted by molar-refractivity contribution is 0.318. The first-order valence-electron chi connectivity index (χ1n) is 6.61. The van der Waals surface area contributed by atoms with Gasteiger partial charge in [0.25, 0.3) is 0 Å². The van der Waals surface area contributed by atoms with Crippen LogP contribution in [-0.2, 0) is 0 Å². The molecule has 1 aliphatic heterocycles. The summed E-state index contributed by atoms with van der Waals surface area (Å²) in [6.07, 6.45) is 3.50. The summed E-state index contributed by atoms with van der Waals surface area (Å²) >= 11 is 1.66. The van der Waals surface area contributed by atoms with Crippen LogP contribution in [-0.4, -0.2) is 47.2 Å². The minimum atomic E-state index is 0.0973. The summed E-state index contributed by atoms with van der Waals surface area (Å²) in [5.74, 6) is 0.943. The van der Waals surface area contributed by atoms with Crippen LogP contribution >= 0.6 is 11.3 Å². The summed E-state index contributed by atoms with van der Waals surface area (Å²) in [7, 11) is 0. The van der Waals surface area contributed by atoms with Crippen molar-refractivity contribution in [3.63, 3.8) is 0 Å². The molecule has 0 unspecified atom stereocenters. The van der Waals surface area contributed by atoms with E-state index in [1.807, 2.05) is 17.6 Å². The Hall–Kier alpha value is -2.35. The Morgan fingerprint density at radius 3 is 2.62 bits per heavy atom. The van der Waals surface area contributed by atoms with E-state index in [0.29, 0.717) is 5.56 Å². The molecule has 3 heterocycles. The highest BCUT2D eigenvalue weighted by molar-refractivity contribution is 7.13. The Labute approximate surface area is 126 Å². The molecule has 3 N–H and O–H groups in total. The van der Waals surface area contributed by atoms with Gasteiger partial charge in [-0.3, -0.25) is 0 Å². The fourth-order valence-electron chi connectivity index (χ4n) is 2.31. The number of nitrogens with two attached hydrogens (primary N) is 1. The first kappa shape index (κ1) is 13.6. The van der Waals surface area contributed by atoms with Crippen LogP contribution in [0.2, 0.25) is 0 Å². The maximum atomic E-state index is 8.75. The second-order valence-corrected chi connectivity index (χ2v) is 5.55. The lowest BCUT2D eigenvalue weighted by atomic mass is 10.2. The van der Waals surface area contributed by atoms with Crippen molar-refractivity contribution in [3.05, 3.63) is 35.5 Å². The Morgan fingerprint density at radius 1 is 1.19 bits per heavy atom. The molecular formula is C13H16N6OS. The highest BCUT2D eigenvalue weighted by Crippen LogP contribution is 2.21. The largest absolute Gasteiger partial charge is 0.409 e. The Bertz CT molecular complexity index is 621. The van der Waals surface area contributed by atoms with E-state index in [2.05, 4.69) is 24.9 Å². The maximum Gasteiger partial charge on any atom is 0.185 e. The predicted octanol–water partition coefficient (Wildman–Crippen LogP) is 0.959. The minimum Gasteiger partial charge on any atom is -0.409 e. The van der Waals surface area contributed by atoms with Gasteiger partial charge in [-0.1, -0.05) is 5.16 Å². The molecule has 0 amide bonds. The van der Waals surface area contributed by atoms with Crippen LogP contribution in [0.1, 0.15) is 5.56 Å². The van der Waals surface area contributed by atoms with Crippen LogP contribution in [0.5, 0.6) is 0 Å². The van der Waals surface area contributed by atoms with E-state index in [0.717, 1.165) is 37.1 Å². The molecule has 110 valence electrons. The van der Waals surface area contributed by atoms with Gasteiger partial charge in [0, 0.05) is 49.5 Å². The molecule has 1 fully saturated rings. The summed E-state index contributed by atoms with van der Waals surface area (Å²) in [6.45, 7) is 3.55. The van der Waals surface area contributed by atoms with E-state index in [9.17, 15) is 0 Å². The number of pyridine rings is 1. The van der Waals surface area contributed by atoms with E-state index in [4.69, 9.17) is 10.9 Å². The SMILES string of the molecule is N/C(=N\O)c1ccnc(N2CCN(c3nccs3)CC2)c1. The highest BCUT2D eigenvalue weighted by atomic mass is 32.1. The van der Waals surface area contributed by atoms with E-state index >= 15 is 0 Å². The molecule has 0 atom stereocenters. The molecule has 21 heavy (non-hydrogen) atoms. The molecule has 0 bridgehead atoms. The summed E-state index contributed by atoms with van der Waals surface area (Å²) in [6, 6.07) is 3.57. The normalized spacial score (nSPS) is 16.3. The molecule has 1 saturated heterocycles. The van der Waals surface area contributed by atoms with Gasteiger partial charge in [-0.05, 0) is 12.1 Å². The molecule has 1 aliphatic rings. The van der Waals surface area contributed by atoms with Crippen molar-refractivity contribution >= 4 is 28.1 Å². The molecular weight excluding hydrogens is 288 g/mol. The second-order valence-electron chi connectivity index (χ2n) is 4.68.